The average molecular weight is 453 g/mol. The van der Waals surface area contributed by atoms with Crippen molar-refractivity contribution in [3.05, 3.63) is 46.1 Å². The van der Waals surface area contributed by atoms with Gasteiger partial charge in [0.05, 0.1) is 15.6 Å². The summed E-state index contributed by atoms with van der Waals surface area (Å²) in [4.78, 5) is 15.1. The molecule has 11 heteroatoms. The second-order valence-electron chi connectivity index (χ2n) is 6.53. The number of sulfonamides is 1. The van der Waals surface area contributed by atoms with Crippen molar-refractivity contribution in [2.24, 2.45) is 0 Å². The van der Waals surface area contributed by atoms with Gasteiger partial charge in [0.25, 0.3) is 15.9 Å². The summed E-state index contributed by atoms with van der Waals surface area (Å²) in [5, 5.41) is 8.05. The van der Waals surface area contributed by atoms with E-state index in [9.17, 15) is 13.2 Å². The van der Waals surface area contributed by atoms with E-state index in [1.807, 2.05) is 0 Å². The Morgan fingerprint density at radius 1 is 1.24 bits per heavy atom. The van der Waals surface area contributed by atoms with Gasteiger partial charge in [-0.25, -0.2) is 8.42 Å². The standard InChI is InChI=1S/C18H17ClN4O4S2/c1-11-15(29(25,26)22-13-7-3-2-6-12(13)19)10-14(28-11)16-20-21-17(27-16)18(24)23-8-4-5-9-23/h2-3,6-7,10,22H,4-5,8-9H2,1H3. The van der Waals surface area contributed by atoms with Gasteiger partial charge in [0, 0.05) is 18.0 Å². The number of carbonyl (C=O) groups excluding carboxylic acids is 1. The Kier molecular flexibility index (Phi) is 5.32. The quantitative estimate of drug-likeness (QED) is 0.631. The van der Waals surface area contributed by atoms with Crippen molar-refractivity contribution >= 4 is 44.6 Å². The Labute approximate surface area is 176 Å². The van der Waals surface area contributed by atoms with Gasteiger partial charge in [-0.05, 0) is 38.0 Å². The van der Waals surface area contributed by atoms with Gasteiger partial charge >= 0.3 is 11.8 Å². The summed E-state index contributed by atoms with van der Waals surface area (Å²) in [7, 11) is -3.87. The van der Waals surface area contributed by atoms with Crippen LogP contribution in [-0.2, 0) is 10.0 Å². The van der Waals surface area contributed by atoms with Gasteiger partial charge in [-0.2, -0.15) is 0 Å². The Bertz CT molecular complexity index is 1170. The van der Waals surface area contributed by atoms with E-state index in [4.69, 9.17) is 16.0 Å². The van der Waals surface area contributed by atoms with Crippen LogP contribution < -0.4 is 4.72 Å². The zero-order valence-corrected chi connectivity index (χ0v) is 17.8. The minimum Gasteiger partial charge on any atom is -0.411 e. The molecule has 1 aromatic carbocycles. The zero-order valence-electron chi connectivity index (χ0n) is 15.4. The number of amides is 1. The average Bonchev–Trinajstić information content (AvgIpc) is 3.43. The van der Waals surface area contributed by atoms with Crippen LogP contribution in [0.2, 0.25) is 5.02 Å². The fraction of sp³-hybridized carbons (Fsp3) is 0.278. The van der Waals surface area contributed by atoms with Crippen LogP contribution in [0.5, 0.6) is 0 Å². The number of aromatic nitrogens is 2. The minimum atomic E-state index is -3.87. The molecule has 8 nitrogen and oxygen atoms in total. The molecule has 1 aliphatic heterocycles. The number of benzene rings is 1. The first kappa shape index (κ1) is 19.9. The lowest BCUT2D eigenvalue weighted by Gasteiger charge is -2.11. The Hall–Kier alpha value is -2.43. The molecule has 29 heavy (non-hydrogen) atoms. The van der Waals surface area contributed by atoms with E-state index >= 15 is 0 Å². The highest BCUT2D eigenvalue weighted by molar-refractivity contribution is 7.93. The maximum Gasteiger partial charge on any atom is 0.311 e. The molecule has 0 aliphatic carbocycles. The lowest BCUT2D eigenvalue weighted by atomic mass is 10.3. The van der Waals surface area contributed by atoms with Crippen molar-refractivity contribution in [2.45, 2.75) is 24.7 Å². The van der Waals surface area contributed by atoms with E-state index in [0.717, 1.165) is 12.8 Å². The van der Waals surface area contributed by atoms with E-state index in [2.05, 4.69) is 14.9 Å². The predicted molar refractivity (Wildman–Crippen MR) is 110 cm³/mol. The summed E-state index contributed by atoms with van der Waals surface area (Å²) in [5.74, 6) is -0.283. The van der Waals surface area contributed by atoms with Gasteiger partial charge in [0.2, 0.25) is 0 Å². The molecule has 0 unspecified atom stereocenters. The minimum absolute atomic E-state index is 0.0861. The maximum atomic E-state index is 12.8. The molecule has 2 aromatic heterocycles. The highest BCUT2D eigenvalue weighted by atomic mass is 35.5. The first-order valence-corrected chi connectivity index (χ1v) is 11.5. The zero-order chi connectivity index (χ0) is 20.6. The number of nitrogens with one attached hydrogen (secondary N) is 1. The third-order valence-electron chi connectivity index (χ3n) is 4.49. The molecule has 0 spiro atoms. The van der Waals surface area contributed by atoms with Crippen molar-refractivity contribution in [1.82, 2.24) is 15.1 Å². The predicted octanol–water partition coefficient (Wildman–Crippen LogP) is 3.80. The fourth-order valence-corrected chi connectivity index (χ4v) is 5.88. The monoisotopic (exact) mass is 452 g/mol. The number of aryl methyl sites for hydroxylation is 1. The van der Waals surface area contributed by atoms with E-state index < -0.39 is 10.0 Å². The van der Waals surface area contributed by atoms with Crippen molar-refractivity contribution in [3.63, 3.8) is 0 Å². The number of para-hydroxylation sites is 1. The molecule has 1 amide bonds. The molecule has 3 heterocycles. The number of rotatable bonds is 5. The number of halogens is 1. The Morgan fingerprint density at radius 3 is 2.69 bits per heavy atom. The van der Waals surface area contributed by atoms with Crippen molar-refractivity contribution in [3.8, 4) is 10.8 Å². The number of hydrogen-bond acceptors (Lipinski definition) is 7. The molecule has 4 rings (SSSR count). The van der Waals surface area contributed by atoms with Crippen molar-refractivity contribution in [1.29, 1.82) is 0 Å². The Morgan fingerprint density at radius 2 is 1.97 bits per heavy atom. The van der Waals surface area contributed by atoms with Crippen LogP contribution in [0.4, 0.5) is 5.69 Å². The molecule has 152 valence electrons. The summed E-state index contributed by atoms with van der Waals surface area (Å²) in [6.07, 6.45) is 1.91. The number of likely N-dealkylation sites (tertiary alicyclic amines) is 1. The van der Waals surface area contributed by atoms with Gasteiger partial charge in [-0.1, -0.05) is 23.7 Å². The van der Waals surface area contributed by atoms with Crippen LogP contribution in [-0.4, -0.2) is 42.5 Å². The molecule has 1 saturated heterocycles. The van der Waals surface area contributed by atoms with Crippen LogP contribution in [0, 0.1) is 6.92 Å². The van der Waals surface area contributed by atoms with Gasteiger partial charge in [0.15, 0.2) is 0 Å². The summed E-state index contributed by atoms with van der Waals surface area (Å²) in [6.45, 7) is 3.03. The molecule has 1 fully saturated rings. The first-order valence-electron chi connectivity index (χ1n) is 8.86. The lowest BCUT2D eigenvalue weighted by molar-refractivity contribution is 0.0754. The molecular formula is C18H17ClN4O4S2. The molecule has 0 saturated carbocycles. The highest BCUT2D eigenvalue weighted by Crippen LogP contribution is 2.34. The second kappa shape index (κ2) is 7.77. The molecule has 1 N–H and O–H groups in total. The third kappa shape index (κ3) is 4.00. The number of anilines is 1. The summed E-state index contributed by atoms with van der Waals surface area (Å²) >= 11 is 7.24. The topological polar surface area (TPSA) is 105 Å². The van der Waals surface area contributed by atoms with Crippen LogP contribution in [0.15, 0.2) is 39.6 Å². The molecule has 0 radical (unpaired) electrons. The lowest BCUT2D eigenvalue weighted by Crippen LogP contribution is -2.27. The number of thiophene rings is 1. The van der Waals surface area contributed by atoms with Gasteiger partial charge < -0.3 is 9.32 Å². The number of nitrogens with zero attached hydrogens (tertiary/aromatic N) is 3. The second-order valence-corrected chi connectivity index (χ2v) is 9.84. The van der Waals surface area contributed by atoms with Crippen LogP contribution >= 0.6 is 22.9 Å². The van der Waals surface area contributed by atoms with E-state index in [0.29, 0.717) is 27.9 Å². The van der Waals surface area contributed by atoms with Gasteiger partial charge in [-0.15, -0.1) is 21.5 Å². The number of hydrogen-bond donors (Lipinski definition) is 1. The molecule has 1 aliphatic rings. The highest BCUT2D eigenvalue weighted by Gasteiger charge is 2.27. The van der Waals surface area contributed by atoms with E-state index in [-0.39, 0.29) is 28.3 Å². The smallest absolute Gasteiger partial charge is 0.311 e. The van der Waals surface area contributed by atoms with Crippen molar-refractivity contribution < 1.29 is 17.6 Å². The molecule has 3 aromatic rings. The summed E-state index contributed by atoms with van der Waals surface area (Å²) < 4.78 is 33.6. The maximum absolute atomic E-state index is 12.8. The van der Waals surface area contributed by atoms with Crippen molar-refractivity contribution in [2.75, 3.05) is 17.8 Å². The number of carbonyl (C=O) groups is 1. The Balaban J connectivity index is 1.60. The molecule has 0 atom stereocenters. The SMILES string of the molecule is Cc1sc(-c2nnc(C(=O)N3CCCC3)o2)cc1S(=O)(=O)Nc1ccccc1Cl. The van der Waals surface area contributed by atoms with Crippen LogP contribution in [0.1, 0.15) is 28.4 Å². The molecule has 0 bridgehead atoms. The summed E-state index contributed by atoms with van der Waals surface area (Å²) in [5.41, 5.74) is 0.289. The van der Waals surface area contributed by atoms with Crippen LogP contribution in [0.3, 0.4) is 0 Å². The van der Waals surface area contributed by atoms with Gasteiger partial charge in [0.1, 0.15) is 4.90 Å². The van der Waals surface area contributed by atoms with E-state index in [1.165, 1.54) is 17.4 Å². The third-order valence-corrected chi connectivity index (χ3v) is 7.48. The fourth-order valence-electron chi connectivity index (χ4n) is 3.05. The normalized spacial score (nSPS) is 14.3. The van der Waals surface area contributed by atoms with E-state index in [1.54, 1.807) is 36.1 Å². The largest absolute Gasteiger partial charge is 0.411 e. The van der Waals surface area contributed by atoms with Crippen LogP contribution in [0.25, 0.3) is 10.8 Å². The summed E-state index contributed by atoms with van der Waals surface area (Å²) in [6, 6.07) is 8.04. The first-order chi connectivity index (χ1) is 13.8. The van der Waals surface area contributed by atoms with Gasteiger partial charge in [-0.3, -0.25) is 9.52 Å². The molecular weight excluding hydrogens is 436 g/mol.